The Labute approximate surface area is 208 Å². The molecule has 0 aliphatic carbocycles. The van der Waals surface area contributed by atoms with E-state index >= 15 is 0 Å². The lowest BCUT2D eigenvalue weighted by atomic mass is 10.2. The third kappa shape index (κ3) is 4.67. The Morgan fingerprint density at radius 2 is 1.72 bits per heavy atom. The average Bonchev–Trinajstić information content (AvgIpc) is 3.32. The Morgan fingerprint density at radius 1 is 1.00 bits per heavy atom. The number of aryl methyl sites for hydroxylation is 1. The van der Waals surface area contributed by atoms with Gasteiger partial charge in [-0.15, -0.1) is 0 Å². The standard InChI is InChI=1S/C26H29N7O3/c1-30-18-28-22-23(29-33(24(22)26(30)35)20-6-4-3-5-7-20)25(34)27-12-13-31-14-16-32(17-15-31)19-8-10-21(36-2)11-9-19/h3-11,18H,12-17H2,1-2H3,(H,27,34). The van der Waals surface area contributed by atoms with Crippen molar-refractivity contribution in [1.82, 2.24) is 29.5 Å². The molecule has 4 aromatic rings. The first-order chi connectivity index (χ1) is 17.5. The number of nitrogens with one attached hydrogen (secondary N) is 1. The van der Waals surface area contributed by atoms with E-state index in [0.717, 1.165) is 38.5 Å². The lowest BCUT2D eigenvalue weighted by Gasteiger charge is -2.36. The van der Waals surface area contributed by atoms with Crippen molar-refractivity contribution in [2.24, 2.45) is 7.05 Å². The van der Waals surface area contributed by atoms with Crippen molar-refractivity contribution < 1.29 is 9.53 Å². The lowest BCUT2D eigenvalue weighted by molar-refractivity contribution is 0.0943. The number of methoxy groups -OCH3 is 1. The molecule has 186 valence electrons. The number of amides is 1. The molecule has 5 rings (SSSR count). The Balaban J connectivity index is 1.22. The first-order valence-corrected chi connectivity index (χ1v) is 11.9. The molecular formula is C26H29N7O3. The highest BCUT2D eigenvalue weighted by Crippen LogP contribution is 2.21. The number of hydrogen-bond acceptors (Lipinski definition) is 7. The van der Waals surface area contributed by atoms with E-state index in [2.05, 4.69) is 37.3 Å². The summed E-state index contributed by atoms with van der Waals surface area (Å²) >= 11 is 0. The monoisotopic (exact) mass is 487 g/mol. The minimum atomic E-state index is -0.340. The number of anilines is 1. The summed E-state index contributed by atoms with van der Waals surface area (Å²) in [5, 5.41) is 7.44. The summed E-state index contributed by atoms with van der Waals surface area (Å²) in [7, 11) is 3.30. The predicted molar refractivity (Wildman–Crippen MR) is 138 cm³/mol. The van der Waals surface area contributed by atoms with Gasteiger partial charge < -0.3 is 19.5 Å². The van der Waals surface area contributed by atoms with Crippen LogP contribution in [0.4, 0.5) is 5.69 Å². The van der Waals surface area contributed by atoms with Crippen LogP contribution in [0.3, 0.4) is 0 Å². The molecule has 36 heavy (non-hydrogen) atoms. The number of piperazine rings is 1. The van der Waals surface area contributed by atoms with Crippen molar-refractivity contribution in [2.45, 2.75) is 0 Å². The van der Waals surface area contributed by atoms with Gasteiger partial charge in [0, 0.05) is 52.0 Å². The molecule has 0 spiro atoms. The highest BCUT2D eigenvalue weighted by atomic mass is 16.5. The second-order valence-electron chi connectivity index (χ2n) is 8.74. The number of aromatic nitrogens is 4. The second kappa shape index (κ2) is 10.2. The van der Waals surface area contributed by atoms with Gasteiger partial charge in [0.15, 0.2) is 11.2 Å². The van der Waals surface area contributed by atoms with E-state index in [0.29, 0.717) is 17.7 Å². The van der Waals surface area contributed by atoms with Gasteiger partial charge in [0.05, 0.1) is 19.1 Å². The van der Waals surface area contributed by atoms with Crippen LogP contribution in [0.1, 0.15) is 10.5 Å². The summed E-state index contributed by atoms with van der Waals surface area (Å²) < 4.78 is 8.12. The topological polar surface area (TPSA) is 97.5 Å². The van der Waals surface area contributed by atoms with Gasteiger partial charge in [-0.25, -0.2) is 9.67 Å². The number of benzene rings is 2. The maximum Gasteiger partial charge on any atom is 0.279 e. The summed E-state index contributed by atoms with van der Waals surface area (Å²) in [5.74, 6) is 0.511. The van der Waals surface area contributed by atoms with Crippen LogP contribution in [0, 0.1) is 0 Å². The number of carbonyl (C=O) groups excluding carboxylic acids is 1. The summed E-state index contributed by atoms with van der Waals surface area (Å²) in [4.78, 5) is 34.9. The van der Waals surface area contributed by atoms with Gasteiger partial charge in [-0.3, -0.25) is 14.5 Å². The van der Waals surface area contributed by atoms with Crippen molar-refractivity contribution in [2.75, 3.05) is 51.3 Å². The number of carbonyl (C=O) groups is 1. The molecule has 1 saturated heterocycles. The van der Waals surface area contributed by atoms with E-state index < -0.39 is 0 Å². The number of hydrogen-bond donors (Lipinski definition) is 1. The molecular weight excluding hydrogens is 458 g/mol. The molecule has 1 N–H and O–H groups in total. The van der Waals surface area contributed by atoms with Crippen molar-refractivity contribution in [3.05, 3.63) is 77.0 Å². The van der Waals surface area contributed by atoms with Gasteiger partial charge in [-0.1, -0.05) is 18.2 Å². The molecule has 0 bridgehead atoms. The predicted octanol–water partition coefficient (Wildman–Crippen LogP) is 1.68. The van der Waals surface area contributed by atoms with E-state index in [1.54, 1.807) is 14.2 Å². The molecule has 2 aromatic carbocycles. The minimum Gasteiger partial charge on any atom is -0.497 e. The van der Waals surface area contributed by atoms with Crippen molar-refractivity contribution >= 4 is 22.6 Å². The zero-order chi connectivity index (χ0) is 25.1. The SMILES string of the molecule is COc1ccc(N2CCN(CCNC(=O)c3nn(-c4ccccc4)c4c(=O)n(C)cnc34)CC2)cc1. The molecule has 1 aliphatic heterocycles. The molecule has 10 nitrogen and oxygen atoms in total. The first kappa shape index (κ1) is 23.6. The number of nitrogens with zero attached hydrogens (tertiary/aromatic N) is 6. The van der Waals surface area contributed by atoms with Crippen LogP contribution < -0.4 is 20.5 Å². The normalized spacial score (nSPS) is 14.2. The number of rotatable bonds is 7. The number of fused-ring (bicyclic) bond motifs is 1. The minimum absolute atomic E-state index is 0.149. The van der Waals surface area contributed by atoms with Crippen LogP contribution in [-0.2, 0) is 7.05 Å². The van der Waals surface area contributed by atoms with Crippen LogP contribution in [-0.4, -0.2) is 76.5 Å². The molecule has 1 amide bonds. The molecule has 1 fully saturated rings. The fourth-order valence-corrected chi connectivity index (χ4v) is 4.43. The van der Waals surface area contributed by atoms with Gasteiger partial charge in [0.25, 0.3) is 11.5 Å². The van der Waals surface area contributed by atoms with Crippen LogP contribution in [0.25, 0.3) is 16.7 Å². The van der Waals surface area contributed by atoms with E-state index in [4.69, 9.17) is 4.74 Å². The maximum atomic E-state index is 13.1. The van der Waals surface area contributed by atoms with Crippen LogP contribution >= 0.6 is 0 Å². The molecule has 0 saturated carbocycles. The molecule has 1 aliphatic rings. The lowest BCUT2D eigenvalue weighted by Crippen LogP contribution is -2.48. The zero-order valence-corrected chi connectivity index (χ0v) is 20.4. The maximum absolute atomic E-state index is 13.1. The van der Waals surface area contributed by atoms with Gasteiger partial charge in [-0.05, 0) is 36.4 Å². The molecule has 0 atom stereocenters. The Bertz CT molecular complexity index is 1410. The molecule has 0 radical (unpaired) electrons. The Kier molecular flexibility index (Phi) is 6.68. The van der Waals surface area contributed by atoms with Gasteiger partial charge >= 0.3 is 0 Å². The third-order valence-electron chi connectivity index (χ3n) is 6.48. The highest BCUT2D eigenvalue weighted by molar-refractivity contribution is 6.03. The molecule has 3 heterocycles. The highest BCUT2D eigenvalue weighted by Gasteiger charge is 2.23. The van der Waals surface area contributed by atoms with E-state index in [1.807, 2.05) is 42.5 Å². The van der Waals surface area contributed by atoms with Gasteiger partial charge in [-0.2, -0.15) is 5.10 Å². The molecule has 10 heteroatoms. The molecule has 2 aromatic heterocycles. The first-order valence-electron chi connectivity index (χ1n) is 11.9. The summed E-state index contributed by atoms with van der Waals surface area (Å²) in [6.45, 7) is 4.86. The summed E-state index contributed by atoms with van der Waals surface area (Å²) in [6, 6.07) is 17.4. The Morgan fingerprint density at radius 3 is 2.42 bits per heavy atom. The fraction of sp³-hybridized carbons (Fsp3) is 0.308. The second-order valence-corrected chi connectivity index (χ2v) is 8.74. The smallest absolute Gasteiger partial charge is 0.279 e. The van der Waals surface area contributed by atoms with Crippen molar-refractivity contribution in [3.8, 4) is 11.4 Å². The summed E-state index contributed by atoms with van der Waals surface area (Å²) in [5.41, 5.74) is 2.35. The van der Waals surface area contributed by atoms with Crippen molar-refractivity contribution in [3.63, 3.8) is 0 Å². The van der Waals surface area contributed by atoms with Gasteiger partial charge in [0.2, 0.25) is 0 Å². The zero-order valence-electron chi connectivity index (χ0n) is 20.4. The van der Waals surface area contributed by atoms with E-state index in [1.165, 1.54) is 21.3 Å². The van der Waals surface area contributed by atoms with Crippen LogP contribution in [0.5, 0.6) is 5.75 Å². The van der Waals surface area contributed by atoms with Crippen LogP contribution in [0.15, 0.2) is 65.7 Å². The quantitative estimate of drug-likeness (QED) is 0.424. The van der Waals surface area contributed by atoms with Crippen molar-refractivity contribution in [1.29, 1.82) is 0 Å². The number of para-hydroxylation sites is 1. The summed E-state index contributed by atoms with van der Waals surface area (Å²) in [6.07, 6.45) is 1.42. The molecule has 0 unspecified atom stereocenters. The average molecular weight is 488 g/mol. The third-order valence-corrected chi connectivity index (χ3v) is 6.48. The van der Waals surface area contributed by atoms with E-state index in [9.17, 15) is 9.59 Å². The fourth-order valence-electron chi connectivity index (χ4n) is 4.43. The van der Waals surface area contributed by atoms with E-state index in [-0.39, 0.29) is 22.7 Å². The number of ether oxygens (including phenoxy) is 1. The van der Waals surface area contributed by atoms with Gasteiger partial charge in [0.1, 0.15) is 11.3 Å². The van der Waals surface area contributed by atoms with Crippen LogP contribution in [0.2, 0.25) is 0 Å². The Hall–Kier alpha value is -4.18. The largest absolute Gasteiger partial charge is 0.497 e.